The van der Waals surface area contributed by atoms with E-state index in [1.165, 1.54) is 0 Å². The molecule has 0 N–H and O–H groups in total. The molecule has 0 unspecified atom stereocenters. The number of halogens is 1. The lowest BCUT2D eigenvalue weighted by Crippen LogP contribution is -2.06. The fraction of sp³-hybridized carbons (Fsp3) is 1.00. The van der Waals surface area contributed by atoms with Gasteiger partial charge in [0.25, 0.3) is 0 Å². The van der Waals surface area contributed by atoms with Crippen molar-refractivity contribution in [1.82, 2.24) is 0 Å². The Kier molecular flexibility index (Phi) is 10.8. The van der Waals surface area contributed by atoms with Gasteiger partial charge in [-0.1, -0.05) is 19.5 Å². The molecule has 0 radical (unpaired) electrons. The first-order valence-electron chi connectivity index (χ1n) is 2.27. The Labute approximate surface area is 56.6 Å². The van der Waals surface area contributed by atoms with Crippen LogP contribution in [-0.2, 0) is 0 Å². The summed E-state index contributed by atoms with van der Waals surface area (Å²) in [6, 6.07) is 0. The third kappa shape index (κ3) is 8.99. The molecule has 0 aromatic heterocycles. The summed E-state index contributed by atoms with van der Waals surface area (Å²) < 4.78 is 0. The molecule has 0 rings (SSSR count). The maximum Gasteiger partial charge on any atom is 0.354 e. The predicted molar refractivity (Wildman–Crippen MR) is 37.7 cm³/mol. The summed E-state index contributed by atoms with van der Waals surface area (Å²) in [5.74, 6) is 0. The van der Waals surface area contributed by atoms with Crippen LogP contribution in [0.3, 0.4) is 0 Å². The van der Waals surface area contributed by atoms with Gasteiger partial charge in [-0.3, -0.25) is 0 Å². The molecule has 0 atom stereocenters. The van der Waals surface area contributed by atoms with Crippen molar-refractivity contribution in [1.29, 1.82) is 0 Å². The topological polar surface area (TPSA) is 0 Å². The third-order valence-electron chi connectivity index (χ3n) is 0.816. The fourth-order valence-corrected chi connectivity index (χ4v) is 0. The zero-order chi connectivity index (χ0) is 4.28. The zero-order valence-electron chi connectivity index (χ0n) is 4.69. The average Bonchev–Trinajstić information content (AvgIpc) is 1.38. The van der Waals surface area contributed by atoms with Crippen LogP contribution >= 0.6 is 12.4 Å². The van der Waals surface area contributed by atoms with Crippen molar-refractivity contribution in [3.05, 3.63) is 0 Å². The largest absolute Gasteiger partial charge is 0.354 e. The third-order valence-corrected chi connectivity index (χ3v) is 7.35. The highest BCUT2D eigenvalue weighted by Gasteiger charge is 1.89. The minimum atomic E-state index is -0.0108. The van der Waals surface area contributed by atoms with E-state index in [0.29, 0.717) is 19.6 Å². The molecule has 0 heterocycles. The molecule has 0 saturated heterocycles. The first kappa shape index (κ1) is 10.3. The average molecular weight is 135 g/mol. The van der Waals surface area contributed by atoms with Crippen molar-refractivity contribution in [2.24, 2.45) is 0 Å². The highest BCUT2D eigenvalue weighted by atomic mass is 35.5. The first-order valence-corrected chi connectivity index (χ1v) is 9.26. The van der Waals surface area contributed by atoms with Gasteiger partial charge in [0.15, 0.2) is 0 Å². The smallest absolute Gasteiger partial charge is 0.160 e. The second-order valence-electron chi connectivity index (χ2n) is 1.80. The Hall–Kier alpha value is 1.27. The Bertz CT molecular complexity index is 24.8. The van der Waals surface area contributed by atoms with Crippen LogP contribution < -0.4 is 0 Å². The number of hydrogen-bond donors (Lipinski definition) is 0. The van der Waals surface area contributed by atoms with Crippen molar-refractivity contribution in [3.8, 4) is 0 Å². The van der Waals surface area contributed by atoms with Gasteiger partial charge in [-0.25, -0.2) is 0 Å². The summed E-state index contributed by atoms with van der Waals surface area (Å²) in [5, 5.41) is 2.40. The molecule has 36 valence electrons. The molecule has 0 saturated carbocycles. The molecule has 0 amide bonds. The molecule has 0 aliphatic carbocycles. The van der Waals surface area contributed by atoms with Gasteiger partial charge >= 0.3 is 19.6 Å². The van der Waals surface area contributed by atoms with Crippen molar-refractivity contribution in [3.63, 3.8) is 0 Å². The van der Waals surface area contributed by atoms with E-state index < -0.39 is 0 Å². The zero-order valence-corrected chi connectivity index (χ0v) is 8.08. The summed E-state index contributed by atoms with van der Waals surface area (Å²) in [6.07, 6.45) is -0.0108. The summed E-state index contributed by atoms with van der Waals surface area (Å²) in [7, 11) is 0. The van der Waals surface area contributed by atoms with Gasteiger partial charge in [-0.05, 0) is 0 Å². The van der Waals surface area contributed by atoms with Gasteiger partial charge in [-0.2, -0.15) is 5.05 Å². The van der Waals surface area contributed by atoms with E-state index in [1.54, 1.807) is 0 Å². The fourth-order valence-electron chi connectivity index (χ4n) is 0. The van der Waals surface area contributed by atoms with Gasteiger partial charge in [0.1, 0.15) is 0 Å². The van der Waals surface area contributed by atoms with Crippen LogP contribution in [0.4, 0.5) is 0 Å². The molecule has 0 aromatic carbocycles. The van der Waals surface area contributed by atoms with E-state index in [9.17, 15) is 0 Å². The van der Waals surface area contributed by atoms with Crippen molar-refractivity contribution >= 4 is 38.4 Å². The highest BCUT2D eigenvalue weighted by molar-refractivity contribution is 7.10. The van der Waals surface area contributed by atoms with Crippen LogP contribution in [0.2, 0.25) is 18.1 Å². The molecule has 0 aliphatic rings. The molecule has 0 aliphatic heterocycles. The molecular weight excluding hydrogens is 124 g/mol. The quantitative estimate of drug-likeness (QED) is 0.473. The second-order valence-corrected chi connectivity index (χ2v) is 12.8. The summed E-state index contributed by atoms with van der Waals surface area (Å²) in [6.45, 7) is 4.85. The molecule has 0 bridgehead atoms. The Morgan fingerprint density at radius 2 is 1.50 bits per heavy atom. The predicted octanol–water partition coefficient (Wildman–Crippen LogP) is 1.14. The summed E-state index contributed by atoms with van der Waals surface area (Å²) in [4.78, 5) is 0. The van der Waals surface area contributed by atoms with E-state index in [2.05, 4.69) is 18.1 Å². The van der Waals surface area contributed by atoms with Crippen LogP contribution in [-0.4, -0.2) is 26.0 Å². The van der Waals surface area contributed by atoms with Gasteiger partial charge in [0.05, 0.1) is 0 Å². The monoisotopic (exact) mass is 134 g/mol. The van der Waals surface area contributed by atoms with E-state index in [-0.39, 0.29) is 18.9 Å². The lowest BCUT2D eigenvalue weighted by atomic mass is 11.9. The maximum atomic E-state index is 2.42. The van der Waals surface area contributed by atoms with Gasteiger partial charge in [0, 0.05) is 0 Å². The molecule has 0 aromatic rings. The van der Waals surface area contributed by atoms with Crippen LogP contribution in [0, 0.1) is 0 Å². The molecule has 6 heavy (non-hydrogen) atoms. The molecular formula is C3H11ClMgSi. The van der Waals surface area contributed by atoms with Crippen LogP contribution in [0.5, 0.6) is 0 Å². The van der Waals surface area contributed by atoms with Crippen molar-refractivity contribution in [2.45, 2.75) is 18.1 Å². The van der Waals surface area contributed by atoms with Gasteiger partial charge in [-0.15, -0.1) is 12.4 Å². The number of rotatable bonds is 1. The Balaban J connectivity index is 0. The van der Waals surface area contributed by atoms with E-state index in [1.807, 2.05) is 0 Å². The van der Waals surface area contributed by atoms with E-state index in [4.69, 9.17) is 0 Å². The second kappa shape index (κ2) is 6.27. The van der Waals surface area contributed by atoms with Crippen LogP contribution in [0.15, 0.2) is 0 Å². The first-order chi connectivity index (χ1) is 2.27. The molecule has 3 heteroatoms. The van der Waals surface area contributed by atoms with Crippen molar-refractivity contribution < 1.29 is 0 Å². The van der Waals surface area contributed by atoms with Gasteiger partial charge < -0.3 is 0 Å². The minimum Gasteiger partial charge on any atom is -0.160 e. The van der Waals surface area contributed by atoms with Crippen molar-refractivity contribution in [2.75, 3.05) is 0 Å². The van der Waals surface area contributed by atoms with Crippen LogP contribution in [0.1, 0.15) is 0 Å². The van der Waals surface area contributed by atoms with E-state index in [0.717, 1.165) is 0 Å². The lowest BCUT2D eigenvalue weighted by molar-refractivity contribution is 2.07. The normalized spacial score (nSPS) is 6.67. The molecule has 0 spiro atoms. The molecule has 0 fully saturated rings. The Morgan fingerprint density at radius 3 is 1.50 bits per heavy atom. The van der Waals surface area contributed by atoms with Gasteiger partial charge in [0.2, 0.25) is 0 Å². The Morgan fingerprint density at radius 1 is 1.33 bits per heavy atom. The lowest BCUT2D eigenvalue weighted by Gasteiger charge is -1.84. The minimum absolute atomic E-state index is 0. The maximum absolute atomic E-state index is 2.42. The summed E-state index contributed by atoms with van der Waals surface area (Å²) >= 11 is 0.488. The SMILES string of the molecule is Cl.[CH3][Mg][SiH](C)C. The number of hydrogen-bond acceptors (Lipinski definition) is 0. The highest BCUT2D eigenvalue weighted by Crippen LogP contribution is 1.69. The molecule has 0 nitrogen and oxygen atoms in total. The van der Waals surface area contributed by atoms with E-state index >= 15 is 0 Å². The summed E-state index contributed by atoms with van der Waals surface area (Å²) in [5.41, 5.74) is 0. The standard InChI is InChI=1S/C2H7Si.CH3.ClH.Mg/c1-3-2;;;/h3H,1-2H3;1H3;1H;. The van der Waals surface area contributed by atoms with Crippen LogP contribution in [0.25, 0.3) is 0 Å².